The molecule has 0 saturated carbocycles. The van der Waals surface area contributed by atoms with Crippen LogP contribution in [0.1, 0.15) is 24.5 Å². The van der Waals surface area contributed by atoms with E-state index in [-0.39, 0.29) is 19.3 Å². The number of hydrogen-bond donors (Lipinski definition) is 1. The fourth-order valence-corrected chi connectivity index (χ4v) is 1.90. The van der Waals surface area contributed by atoms with Crippen LogP contribution in [0.25, 0.3) is 0 Å². The van der Waals surface area contributed by atoms with E-state index in [0.29, 0.717) is 12.2 Å². The van der Waals surface area contributed by atoms with Gasteiger partial charge in [-0.15, -0.1) is 0 Å². The van der Waals surface area contributed by atoms with Crippen LogP contribution in [-0.4, -0.2) is 32.0 Å². The first-order chi connectivity index (χ1) is 9.83. The number of nitrogens with two attached hydrogens (primary N) is 1. The van der Waals surface area contributed by atoms with E-state index in [1.54, 1.807) is 0 Å². The fourth-order valence-electron chi connectivity index (χ4n) is 1.90. The van der Waals surface area contributed by atoms with Gasteiger partial charge in [0.15, 0.2) is 0 Å². The molecule has 0 fully saturated rings. The van der Waals surface area contributed by atoms with Crippen LogP contribution in [0, 0.1) is 6.92 Å². The number of aryl methyl sites for hydroxylation is 1. The predicted molar refractivity (Wildman–Crippen MR) is 75.5 cm³/mol. The molecule has 1 atom stereocenters. The Hall–Kier alpha value is -1.27. The third kappa shape index (κ3) is 6.82. The van der Waals surface area contributed by atoms with Crippen LogP contribution in [-0.2, 0) is 11.2 Å². The summed E-state index contributed by atoms with van der Waals surface area (Å²) in [5.41, 5.74) is 7.85. The van der Waals surface area contributed by atoms with E-state index in [9.17, 15) is 13.2 Å². The van der Waals surface area contributed by atoms with Crippen LogP contribution in [0.15, 0.2) is 18.2 Å². The molecule has 0 amide bonds. The van der Waals surface area contributed by atoms with Crippen molar-refractivity contribution in [2.75, 3.05) is 19.8 Å². The van der Waals surface area contributed by atoms with Gasteiger partial charge in [0.25, 0.3) is 0 Å². The van der Waals surface area contributed by atoms with Crippen molar-refractivity contribution in [1.82, 2.24) is 0 Å². The largest absolute Gasteiger partial charge is 0.491 e. The predicted octanol–water partition coefficient (Wildman–Crippen LogP) is 3.23. The second-order valence-electron chi connectivity index (χ2n) is 4.95. The van der Waals surface area contributed by atoms with Crippen LogP contribution in [0.5, 0.6) is 5.75 Å². The molecular formula is C15H22F3NO2. The molecule has 0 aliphatic heterocycles. The quantitative estimate of drug-likeness (QED) is 0.750. The van der Waals surface area contributed by atoms with E-state index in [1.165, 1.54) is 0 Å². The van der Waals surface area contributed by atoms with Crippen molar-refractivity contribution in [3.63, 3.8) is 0 Å². The normalized spacial score (nSPS) is 13.2. The summed E-state index contributed by atoms with van der Waals surface area (Å²) in [4.78, 5) is 0. The number of hydrogen-bond acceptors (Lipinski definition) is 3. The highest BCUT2D eigenvalue weighted by atomic mass is 19.4. The van der Waals surface area contributed by atoms with Gasteiger partial charge in [-0.25, -0.2) is 0 Å². The molecule has 1 rings (SSSR count). The van der Waals surface area contributed by atoms with Crippen LogP contribution in [0.3, 0.4) is 0 Å². The molecule has 0 bridgehead atoms. The van der Waals surface area contributed by atoms with Crippen LogP contribution in [0.2, 0.25) is 0 Å². The standard InChI is InChI=1S/C15H22F3NO2/c1-3-13(19)9-12-6-4-5-11(2)14(12)21-8-7-20-10-15(16,17)18/h4-6,13H,3,7-10,19H2,1-2H3. The highest BCUT2D eigenvalue weighted by Crippen LogP contribution is 2.25. The summed E-state index contributed by atoms with van der Waals surface area (Å²) in [5, 5.41) is 0. The van der Waals surface area contributed by atoms with Crippen LogP contribution < -0.4 is 10.5 Å². The lowest BCUT2D eigenvalue weighted by atomic mass is 10.0. The van der Waals surface area contributed by atoms with Crippen LogP contribution in [0.4, 0.5) is 13.2 Å². The zero-order chi connectivity index (χ0) is 15.9. The molecule has 0 aliphatic rings. The maximum atomic E-state index is 11.9. The Bertz CT molecular complexity index is 435. The Morgan fingerprint density at radius 2 is 1.95 bits per heavy atom. The molecule has 0 spiro atoms. The van der Waals surface area contributed by atoms with Gasteiger partial charge in [-0.1, -0.05) is 25.1 Å². The minimum Gasteiger partial charge on any atom is -0.491 e. The molecule has 3 nitrogen and oxygen atoms in total. The molecule has 1 aromatic rings. The van der Waals surface area contributed by atoms with E-state index in [1.807, 2.05) is 32.0 Å². The van der Waals surface area contributed by atoms with E-state index >= 15 is 0 Å². The molecule has 6 heteroatoms. The van der Waals surface area contributed by atoms with Crippen molar-refractivity contribution >= 4 is 0 Å². The molecule has 2 N–H and O–H groups in total. The van der Waals surface area contributed by atoms with Gasteiger partial charge in [0.2, 0.25) is 0 Å². The number of ether oxygens (including phenoxy) is 2. The van der Waals surface area contributed by atoms with Crippen molar-refractivity contribution in [3.8, 4) is 5.75 Å². The highest BCUT2D eigenvalue weighted by Gasteiger charge is 2.27. The molecule has 120 valence electrons. The number of para-hydroxylation sites is 1. The first-order valence-electron chi connectivity index (χ1n) is 6.95. The smallest absolute Gasteiger partial charge is 0.411 e. The second kappa shape index (κ2) is 8.24. The first kappa shape index (κ1) is 17.8. The zero-order valence-electron chi connectivity index (χ0n) is 12.4. The molecule has 0 aromatic heterocycles. The fraction of sp³-hybridized carbons (Fsp3) is 0.600. The molecule has 0 radical (unpaired) electrons. The van der Waals surface area contributed by atoms with E-state index in [4.69, 9.17) is 10.5 Å². The molecule has 0 saturated heterocycles. The van der Waals surface area contributed by atoms with Crippen molar-refractivity contribution < 1.29 is 22.6 Å². The average Bonchev–Trinajstić information content (AvgIpc) is 2.39. The third-order valence-electron chi connectivity index (χ3n) is 3.04. The van der Waals surface area contributed by atoms with Gasteiger partial charge in [0, 0.05) is 6.04 Å². The van der Waals surface area contributed by atoms with E-state index in [2.05, 4.69) is 4.74 Å². The first-order valence-corrected chi connectivity index (χ1v) is 6.95. The van der Waals surface area contributed by atoms with Crippen molar-refractivity contribution in [2.24, 2.45) is 5.73 Å². The summed E-state index contributed by atoms with van der Waals surface area (Å²) in [7, 11) is 0. The molecule has 21 heavy (non-hydrogen) atoms. The van der Waals surface area contributed by atoms with Gasteiger partial charge in [-0.05, 0) is 30.9 Å². The van der Waals surface area contributed by atoms with Crippen molar-refractivity contribution in [3.05, 3.63) is 29.3 Å². The molecular weight excluding hydrogens is 283 g/mol. The monoisotopic (exact) mass is 305 g/mol. The van der Waals surface area contributed by atoms with E-state index in [0.717, 1.165) is 17.5 Å². The number of benzene rings is 1. The van der Waals surface area contributed by atoms with Gasteiger partial charge in [0.1, 0.15) is 19.0 Å². The van der Waals surface area contributed by atoms with Gasteiger partial charge < -0.3 is 15.2 Å². The molecule has 0 heterocycles. The Labute approximate surface area is 123 Å². The van der Waals surface area contributed by atoms with E-state index < -0.39 is 12.8 Å². The Morgan fingerprint density at radius 1 is 1.24 bits per heavy atom. The molecule has 1 aromatic carbocycles. The molecule has 1 unspecified atom stereocenters. The summed E-state index contributed by atoms with van der Waals surface area (Å²) in [6.07, 6.45) is -2.78. The SMILES string of the molecule is CCC(N)Cc1cccc(C)c1OCCOCC(F)(F)F. The van der Waals surface area contributed by atoms with Gasteiger partial charge in [0.05, 0.1) is 6.61 Å². The Morgan fingerprint density at radius 3 is 2.57 bits per heavy atom. The number of alkyl halides is 3. The lowest BCUT2D eigenvalue weighted by Gasteiger charge is -2.16. The number of rotatable bonds is 8. The minimum absolute atomic E-state index is 0.0376. The van der Waals surface area contributed by atoms with Crippen LogP contribution >= 0.6 is 0 Å². The highest BCUT2D eigenvalue weighted by molar-refractivity contribution is 5.41. The average molecular weight is 305 g/mol. The summed E-state index contributed by atoms with van der Waals surface area (Å²) in [6, 6.07) is 5.78. The third-order valence-corrected chi connectivity index (χ3v) is 3.04. The maximum absolute atomic E-state index is 11.9. The summed E-state index contributed by atoms with van der Waals surface area (Å²) >= 11 is 0. The Balaban J connectivity index is 2.53. The maximum Gasteiger partial charge on any atom is 0.411 e. The second-order valence-corrected chi connectivity index (χ2v) is 4.95. The summed E-state index contributed by atoms with van der Waals surface area (Å²) in [5.74, 6) is 0.692. The van der Waals surface area contributed by atoms with Gasteiger partial charge in [-0.3, -0.25) is 0 Å². The van der Waals surface area contributed by atoms with Crippen molar-refractivity contribution in [2.45, 2.75) is 38.9 Å². The Kier molecular flexibility index (Phi) is 6.98. The minimum atomic E-state index is -4.30. The van der Waals surface area contributed by atoms with Crippen molar-refractivity contribution in [1.29, 1.82) is 0 Å². The van der Waals surface area contributed by atoms with Gasteiger partial charge >= 0.3 is 6.18 Å². The molecule has 0 aliphatic carbocycles. The lowest BCUT2D eigenvalue weighted by molar-refractivity contribution is -0.175. The zero-order valence-corrected chi connectivity index (χ0v) is 12.4. The van der Waals surface area contributed by atoms with Gasteiger partial charge in [-0.2, -0.15) is 13.2 Å². The lowest BCUT2D eigenvalue weighted by Crippen LogP contribution is -2.22. The number of halogens is 3. The summed E-state index contributed by atoms with van der Waals surface area (Å²) < 4.78 is 45.9. The topological polar surface area (TPSA) is 44.5 Å². The summed E-state index contributed by atoms with van der Waals surface area (Å²) in [6.45, 7) is 2.62.